The van der Waals surface area contributed by atoms with Crippen LogP contribution in [0, 0.1) is 11.8 Å². The van der Waals surface area contributed by atoms with Gasteiger partial charge in [0, 0.05) is 24.8 Å². The lowest BCUT2D eigenvalue weighted by Crippen LogP contribution is -2.23. The van der Waals surface area contributed by atoms with Gasteiger partial charge in [-0.3, -0.25) is 0 Å². The van der Waals surface area contributed by atoms with E-state index >= 15 is 0 Å². The molecule has 0 spiro atoms. The lowest BCUT2D eigenvalue weighted by atomic mass is 10.0. The molecular formula is C14H20N2O. The average Bonchev–Trinajstić information content (AvgIpc) is 2.88. The number of aliphatic hydroxyl groups is 1. The second-order valence-electron chi connectivity index (χ2n) is 5.45. The standard InChI is InChI=1S/C14H20N2O/c1-10(17)13-6-3-7-15-14(13)16-8-11-4-2-5-12(11)9-16/h3,6-7,10-12,17H,2,4-5,8-9H2,1H3. The van der Waals surface area contributed by atoms with Crippen LogP contribution in [0.4, 0.5) is 5.82 Å². The first-order chi connectivity index (χ1) is 8.25. The fraction of sp³-hybridized carbons (Fsp3) is 0.643. The Morgan fingerprint density at radius 2 is 2.06 bits per heavy atom. The van der Waals surface area contributed by atoms with Gasteiger partial charge in [-0.25, -0.2) is 4.98 Å². The van der Waals surface area contributed by atoms with Gasteiger partial charge in [0.15, 0.2) is 0 Å². The highest BCUT2D eigenvalue weighted by molar-refractivity contribution is 5.49. The fourth-order valence-corrected chi connectivity index (χ4v) is 3.41. The SMILES string of the molecule is CC(O)c1cccnc1N1CC2CCCC2C1. The summed E-state index contributed by atoms with van der Waals surface area (Å²) in [5, 5.41) is 9.80. The zero-order chi connectivity index (χ0) is 11.8. The molecule has 1 aromatic heterocycles. The summed E-state index contributed by atoms with van der Waals surface area (Å²) in [5.41, 5.74) is 0.965. The van der Waals surface area contributed by atoms with Crippen molar-refractivity contribution in [2.75, 3.05) is 18.0 Å². The van der Waals surface area contributed by atoms with Gasteiger partial charge in [-0.05, 0) is 37.7 Å². The Kier molecular flexibility index (Phi) is 2.79. The predicted molar refractivity (Wildman–Crippen MR) is 67.9 cm³/mol. The maximum absolute atomic E-state index is 9.80. The van der Waals surface area contributed by atoms with Crippen molar-refractivity contribution >= 4 is 5.82 Å². The molecule has 1 N–H and O–H groups in total. The van der Waals surface area contributed by atoms with Crippen molar-refractivity contribution < 1.29 is 5.11 Å². The van der Waals surface area contributed by atoms with Crippen molar-refractivity contribution in [3.63, 3.8) is 0 Å². The first-order valence-corrected chi connectivity index (χ1v) is 6.63. The number of fused-ring (bicyclic) bond motifs is 1. The van der Waals surface area contributed by atoms with E-state index in [1.165, 1.54) is 19.3 Å². The molecule has 3 unspecified atom stereocenters. The van der Waals surface area contributed by atoms with E-state index in [-0.39, 0.29) is 0 Å². The molecule has 0 amide bonds. The van der Waals surface area contributed by atoms with Crippen molar-refractivity contribution in [2.24, 2.45) is 11.8 Å². The van der Waals surface area contributed by atoms with E-state index in [9.17, 15) is 5.11 Å². The Bertz CT molecular complexity index is 393. The lowest BCUT2D eigenvalue weighted by Gasteiger charge is -2.22. The molecule has 2 fully saturated rings. The van der Waals surface area contributed by atoms with Gasteiger partial charge in [-0.1, -0.05) is 12.5 Å². The number of aliphatic hydroxyl groups excluding tert-OH is 1. The minimum Gasteiger partial charge on any atom is -0.389 e. The van der Waals surface area contributed by atoms with Crippen LogP contribution >= 0.6 is 0 Å². The summed E-state index contributed by atoms with van der Waals surface area (Å²) in [6, 6.07) is 3.89. The van der Waals surface area contributed by atoms with Crippen molar-refractivity contribution in [3.8, 4) is 0 Å². The van der Waals surface area contributed by atoms with Crippen LogP contribution in [0.3, 0.4) is 0 Å². The lowest BCUT2D eigenvalue weighted by molar-refractivity contribution is 0.199. The minimum absolute atomic E-state index is 0.431. The fourth-order valence-electron chi connectivity index (χ4n) is 3.41. The van der Waals surface area contributed by atoms with Gasteiger partial charge < -0.3 is 10.0 Å². The van der Waals surface area contributed by atoms with E-state index < -0.39 is 6.10 Å². The van der Waals surface area contributed by atoms with E-state index in [1.54, 1.807) is 0 Å². The van der Waals surface area contributed by atoms with E-state index in [1.807, 2.05) is 25.3 Å². The van der Waals surface area contributed by atoms with E-state index in [2.05, 4.69) is 9.88 Å². The molecule has 3 heteroatoms. The molecule has 1 saturated carbocycles. The summed E-state index contributed by atoms with van der Waals surface area (Å²) < 4.78 is 0. The maximum Gasteiger partial charge on any atom is 0.134 e. The third-order valence-corrected chi connectivity index (χ3v) is 4.29. The van der Waals surface area contributed by atoms with Crippen LogP contribution in [0.25, 0.3) is 0 Å². The number of hydrogen-bond donors (Lipinski definition) is 1. The number of anilines is 1. The van der Waals surface area contributed by atoms with E-state index in [0.29, 0.717) is 0 Å². The number of hydrogen-bond acceptors (Lipinski definition) is 3. The number of rotatable bonds is 2. The molecule has 3 nitrogen and oxygen atoms in total. The van der Waals surface area contributed by atoms with Gasteiger partial charge in [-0.15, -0.1) is 0 Å². The molecule has 1 saturated heterocycles. The van der Waals surface area contributed by atoms with Crippen LogP contribution in [0.1, 0.15) is 37.9 Å². The first kappa shape index (κ1) is 11.0. The van der Waals surface area contributed by atoms with Crippen molar-refractivity contribution in [1.82, 2.24) is 4.98 Å². The zero-order valence-electron chi connectivity index (χ0n) is 10.3. The Balaban J connectivity index is 1.85. The average molecular weight is 232 g/mol. The maximum atomic E-state index is 9.80. The zero-order valence-corrected chi connectivity index (χ0v) is 10.3. The first-order valence-electron chi connectivity index (χ1n) is 6.63. The van der Waals surface area contributed by atoms with Crippen LogP contribution < -0.4 is 4.90 Å². The highest BCUT2D eigenvalue weighted by Gasteiger charge is 2.37. The monoisotopic (exact) mass is 232 g/mol. The topological polar surface area (TPSA) is 36.4 Å². The van der Waals surface area contributed by atoms with Crippen molar-refractivity contribution in [3.05, 3.63) is 23.9 Å². The summed E-state index contributed by atoms with van der Waals surface area (Å²) >= 11 is 0. The second kappa shape index (κ2) is 4.30. The van der Waals surface area contributed by atoms with E-state index in [4.69, 9.17) is 0 Å². The Morgan fingerprint density at radius 1 is 1.35 bits per heavy atom. The van der Waals surface area contributed by atoms with Crippen molar-refractivity contribution in [1.29, 1.82) is 0 Å². The molecule has 0 bridgehead atoms. The molecule has 0 aromatic carbocycles. The molecule has 1 aliphatic carbocycles. The van der Waals surface area contributed by atoms with Crippen LogP contribution in [0.5, 0.6) is 0 Å². The van der Waals surface area contributed by atoms with Crippen LogP contribution in [0.2, 0.25) is 0 Å². The molecule has 2 heterocycles. The predicted octanol–water partition coefficient (Wildman–Crippen LogP) is 2.37. The number of pyridine rings is 1. The third-order valence-electron chi connectivity index (χ3n) is 4.29. The second-order valence-corrected chi connectivity index (χ2v) is 5.45. The molecule has 17 heavy (non-hydrogen) atoms. The van der Waals surface area contributed by atoms with Gasteiger partial charge in [-0.2, -0.15) is 0 Å². The summed E-state index contributed by atoms with van der Waals surface area (Å²) in [7, 11) is 0. The van der Waals surface area contributed by atoms with Gasteiger partial charge in [0.25, 0.3) is 0 Å². The summed E-state index contributed by atoms with van der Waals surface area (Å²) in [6.07, 6.45) is 5.54. The van der Waals surface area contributed by atoms with Crippen LogP contribution in [0.15, 0.2) is 18.3 Å². The van der Waals surface area contributed by atoms with Gasteiger partial charge >= 0.3 is 0 Å². The molecule has 0 radical (unpaired) electrons. The van der Waals surface area contributed by atoms with Crippen LogP contribution in [-0.2, 0) is 0 Å². The Labute approximate surface area is 102 Å². The highest BCUT2D eigenvalue weighted by Crippen LogP contribution is 2.40. The molecule has 3 atom stereocenters. The Hall–Kier alpha value is -1.09. The molecule has 3 rings (SSSR count). The van der Waals surface area contributed by atoms with Crippen LogP contribution in [-0.4, -0.2) is 23.2 Å². The van der Waals surface area contributed by atoms with Crippen molar-refractivity contribution in [2.45, 2.75) is 32.3 Å². The molecule has 1 aliphatic heterocycles. The van der Waals surface area contributed by atoms with Gasteiger partial charge in [0.2, 0.25) is 0 Å². The normalized spacial score (nSPS) is 29.4. The smallest absolute Gasteiger partial charge is 0.134 e. The number of nitrogens with zero attached hydrogens (tertiary/aromatic N) is 2. The number of aromatic nitrogens is 1. The summed E-state index contributed by atoms with van der Waals surface area (Å²) in [5.74, 6) is 2.72. The Morgan fingerprint density at radius 3 is 2.71 bits per heavy atom. The molecular weight excluding hydrogens is 212 g/mol. The quantitative estimate of drug-likeness (QED) is 0.850. The molecule has 92 valence electrons. The minimum atomic E-state index is -0.431. The summed E-state index contributed by atoms with van der Waals surface area (Å²) in [6.45, 7) is 4.07. The third kappa shape index (κ3) is 1.93. The largest absolute Gasteiger partial charge is 0.389 e. The van der Waals surface area contributed by atoms with Gasteiger partial charge in [0.1, 0.15) is 5.82 Å². The van der Waals surface area contributed by atoms with E-state index in [0.717, 1.165) is 36.3 Å². The molecule has 1 aromatic rings. The summed E-state index contributed by atoms with van der Waals surface area (Å²) in [4.78, 5) is 6.85. The molecule has 2 aliphatic rings. The van der Waals surface area contributed by atoms with Gasteiger partial charge in [0.05, 0.1) is 6.10 Å². The highest BCUT2D eigenvalue weighted by atomic mass is 16.3.